The van der Waals surface area contributed by atoms with Gasteiger partial charge in [-0.2, -0.15) is 0 Å². The van der Waals surface area contributed by atoms with E-state index in [4.69, 9.17) is 0 Å². The zero-order chi connectivity index (χ0) is 15.8. The van der Waals surface area contributed by atoms with Crippen LogP contribution in [-0.4, -0.2) is 18.2 Å². The molecule has 0 spiro atoms. The number of aryl methyl sites for hydroxylation is 1. The standard InChI is InChI=1S/C21H25NO/c1-14-10-17(20-5-3-2-4-19(20)15-6-7-15)11-18(13-23)21(14)16-8-9-22-12-16/h2-5,10-11,15-16,22-23H,6-9,12-13H2,1H3. The number of aliphatic hydroxyl groups is 1. The van der Waals surface area contributed by atoms with Gasteiger partial charge in [0.15, 0.2) is 0 Å². The SMILES string of the molecule is Cc1cc(-c2ccccc2C2CC2)cc(CO)c1C1CCNC1. The van der Waals surface area contributed by atoms with E-state index in [9.17, 15) is 5.11 Å². The zero-order valence-corrected chi connectivity index (χ0v) is 13.8. The Labute approximate surface area is 138 Å². The molecule has 2 fully saturated rings. The highest BCUT2D eigenvalue weighted by Crippen LogP contribution is 2.45. The molecule has 2 heteroatoms. The van der Waals surface area contributed by atoms with Gasteiger partial charge in [-0.3, -0.25) is 0 Å². The third-order valence-electron chi connectivity index (χ3n) is 5.40. The van der Waals surface area contributed by atoms with Gasteiger partial charge in [-0.25, -0.2) is 0 Å². The highest BCUT2D eigenvalue weighted by atomic mass is 16.3. The monoisotopic (exact) mass is 307 g/mol. The molecule has 2 aliphatic rings. The van der Waals surface area contributed by atoms with Gasteiger partial charge < -0.3 is 10.4 Å². The van der Waals surface area contributed by atoms with E-state index in [0.29, 0.717) is 5.92 Å². The fourth-order valence-electron chi connectivity index (χ4n) is 4.15. The van der Waals surface area contributed by atoms with Crippen molar-refractivity contribution in [3.63, 3.8) is 0 Å². The van der Waals surface area contributed by atoms with Crippen LogP contribution >= 0.6 is 0 Å². The number of benzene rings is 2. The molecule has 1 heterocycles. The summed E-state index contributed by atoms with van der Waals surface area (Å²) in [5.41, 5.74) is 7.90. The second-order valence-electron chi connectivity index (χ2n) is 7.08. The Morgan fingerprint density at radius 3 is 2.61 bits per heavy atom. The van der Waals surface area contributed by atoms with Crippen LogP contribution in [0.5, 0.6) is 0 Å². The van der Waals surface area contributed by atoms with Crippen molar-refractivity contribution in [2.24, 2.45) is 0 Å². The molecule has 1 atom stereocenters. The van der Waals surface area contributed by atoms with E-state index in [1.807, 2.05) is 0 Å². The molecule has 0 bridgehead atoms. The predicted octanol–water partition coefficient (Wildman–Crippen LogP) is 4.11. The lowest BCUT2D eigenvalue weighted by Gasteiger charge is -2.20. The summed E-state index contributed by atoms with van der Waals surface area (Å²) in [6.45, 7) is 4.45. The summed E-state index contributed by atoms with van der Waals surface area (Å²) in [6.07, 6.45) is 3.80. The predicted molar refractivity (Wildman–Crippen MR) is 94.7 cm³/mol. The lowest BCUT2D eigenvalue weighted by atomic mass is 9.86. The van der Waals surface area contributed by atoms with E-state index in [0.717, 1.165) is 24.6 Å². The van der Waals surface area contributed by atoms with Crippen LogP contribution in [0.4, 0.5) is 0 Å². The van der Waals surface area contributed by atoms with Crippen LogP contribution in [0.3, 0.4) is 0 Å². The topological polar surface area (TPSA) is 32.3 Å². The van der Waals surface area contributed by atoms with E-state index in [1.165, 1.54) is 47.1 Å². The quantitative estimate of drug-likeness (QED) is 0.891. The fraction of sp³-hybridized carbons (Fsp3) is 0.429. The fourth-order valence-corrected chi connectivity index (χ4v) is 4.15. The first-order chi connectivity index (χ1) is 11.3. The van der Waals surface area contributed by atoms with Gasteiger partial charge in [0.1, 0.15) is 0 Å². The van der Waals surface area contributed by atoms with Crippen molar-refractivity contribution in [2.45, 2.75) is 44.6 Å². The molecule has 120 valence electrons. The maximum Gasteiger partial charge on any atom is 0.0684 e. The lowest BCUT2D eigenvalue weighted by Crippen LogP contribution is -2.11. The zero-order valence-electron chi connectivity index (χ0n) is 13.8. The highest BCUT2D eigenvalue weighted by molar-refractivity contribution is 5.71. The average Bonchev–Trinajstić information content (AvgIpc) is 3.29. The van der Waals surface area contributed by atoms with Crippen molar-refractivity contribution in [3.05, 3.63) is 58.7 Å². The van der Waals surface area contributed by atoms with E-state index in [2.05, 4.69) is 48.6 Å². The number of hydrogen-bond donors (Lipinski definition) is 2. The molecule has 1 aliphatic carbocycles. The Morgan fingerprint density at radius 2 is 1.91 bits per heavy atom. The number of aliphatic hydroxyl groups excluding tert-OH is 1. The minimum atomic E-state index is 0.131. The van der Waals surface area contributed by atoms with Crippen LogP contribution in [0, 0.1) is 6.92 Å². The van der Waals surface area contributed by atoms with Crippen molar-refractivity contribution in [2.75, 3.05) is 13.1 Å². The molecule has 4 rings (SSSR count). The van der Waals surface area contributed by atoms with Gasteiger partial charge in [0, 0.05) is 6.54 Å². The molecule has 2 N–H and O–H groups in total. The minimum Gasteiger partial charge on any atom is -0.392 e. The van der Waals surface area contributed by atoms with Gasteiger partial charge in [-0.05, 0) is 84.0 Å². The summed E-state index contributed by atoms with van der Waals surface area (Å²) in [7, 11) is 0. The molecule has 1 saturated carbocycles. The third-order valence-corrected chi connectivity index (χ3v) is 5.40. The van der Waals surface area contributed by atoms with Gasteiger partial charge in [0.25, 0.3) is 0 Å². The van der Waals surface area contributed by atoms with Crippen molar-refractivity contribution in [1.82, 2.24) is 5.32 Å². The van der Waals surface area contributed by atoms with Gasteiger partial charge in [0.2, 0.25) is 0 Å². The lowest BCUT2D eigenvalue weighted by molar-refractivity contribution is 0.280. The molecule has 0 radical (unpaired) electrons. The normalized spacial score (nSPS) is 20.9. The maximum atomic E-state index is 9.94. The molecule has 2 aromatic carbocycles. The molecule has 1 aliphatic heterocycles. The van der Waals surface area contributed by atoms with E-state index in [-0.39, 0.29) is 6.61 Å². The van der Waals surface area contributed by atoms with E-state index < -0.39 is 0 Å². The van der Waals surface area contributed by atoms with Crippen molar-refractivity contribution in [3.8, 4) is 11.1 Å². The van der Waals surface area contributed by atoms with Crippen molar-refractivity contribution >= 4 is 0 Å². The number of nitrogens with one attached hydrogen (secondary N) is 1. The second-order valence-corrected chi connectivity index (χ2v) is 7.08. The molecule has 1 saturated heterocycles. The molecule has 2 aromatic rings. The van der Waals surface area contributed by atoms with E-state index >= 15 is 0 Å². The average molecular weight is 307 g/mol. The van der Waals surface area contributed by atoms with Gasteiger partial charge in [-0.15, -0.1) is 0 Å². The van der Waals surface area contributed by atoms with Crippen LogP contribution in [0.25, 0.3) is 11.1 Å². The molecular formula is C21H25NO. The molecule has 2 nitrogen and oxygen atoms in total. The second kappa shape index (κ2) is 6.10. The van der Waals surface area contributed by atoms with Crippen molar-refractivity contribution < 1.29 is 5.11 Å². The molecule has 0 aromatic heterocycles. The molecule has 23 heavy (non-hydrogen) atoms. The minimum absolute atomic E-state index is 0.131. The van der Waals surface area contributed by atoms with Crippen LogP contribution in [-0.2, 0) is 6.61 Å². The first-order valence-corrected chi connectivity index (χ1v) is 8.82. The van der Waals surface area contributed by atoms with Crippen LogP contribution in [0.1, 0.15) is 53.4 Å². The summed E-state index contributed by atoms with van der Waals surface area (Å²) in [6, 6.07) is 13.3. The third kappa shape index (κ3) is 2.82. The highest BCUT2D eigenvalue weighted by Gasteiger charge is 2.27. The van der Waals surface area contributed by atoms with Crippen LogP contribution < -0.4 is 5.32 Å². The van der Waals surface area contributed by atoms with Gasteiger partial charge in [-0.1, -0.05) is 30.3 Å². The first-order valence-electron chi connectivity index (χ1n) is 8.82. The summed E-state index contributed by atoms with van der Waals surface area (Å²) in [5.74, 6) is 1.28. The first kappa shape index (κ1) is 14.9. The van der Waals surface area contributed by atoms with Gasteiger partial charge >= 0.3 is 0 Å². The van der Waals surface area contributed by atoms with Crippen molar-refractivity contribution in [1.29, 1.82) is 0 Å². The Hall–Kier alpha value is -1.64. The Bertz CT molecular complexity index is 712. The summed E-state index contributed by atoms with van der Waals surface area (Å²) in [5, 5.41) is 13.4. The molecule has 1 unspecified atom stereocenters. The summed E-state index contributed by atoms with van der Waals surface area (Å²) in [4.78, 5) is 0. The summed E-state index contributed by atoms with van der Waals surface area (Å²) >= 11 is 0. The molecule has 0 amide bonds. The van der Waals surface area contributed by atoms with Crippen LogP contribution in [0.2, 0.25) is 0 Å². The Kier molecular flexibility index (Phi) is 3.96. The van der Waals surface area contributed by atoms with E-state index in [1.54, 1.807) is 0 Å². The van der Waals surface area contributed by atoms with Gasteiger partial charge in [0.05, 0.1) is 6.61 Å². The molecular weight excluding hydrogens is 282 g/mol. The van der Waals surface area contributed by atoms with Crippen LogP contribution in [0.15, 0.2) is 36.4 Å². The number of hydrogen-bond acceptors (Lipinski definition) is 2. The Balaban J connectivity index is 1.80. The maximum absolute atomic E-state index is 9.94. The number of rotatable bonds is 4. The largest absolute Gasteiger partial charge is 0.392 e. The Morgan fingerprint density at radius 1 is 1.09 bits per heavy atom. The smallest absolute Gasteiger partial charge is 0.0684 e. The summed E-state index contributed by atoms with van der Waals surface area (Å²) < 4.78 is 0.